The van der Waals surface area contributed by atoms with Gasteiger partial charge in [-0.1, -0.05) is 6.92 Å². The molecule has 0 bridgehead atoms. The lowest BCUT2D eigenvalue weighted by molar-refractivity contribution is -0.115. The van der Waals surface area contributed by atoms with E-state index in [2.05, 4.69) is 22.9 Å². The van der Waals surface area contributed by atoms with Gasteiger partial charge in [0.15, 0.2) is 0 Å². The molecule has 6 heteroatoms. The van der Waals surface area contributed by atoms with Gasteiger partial charge in [-0.25, -0.2) is 0 Å². The number of hydrogen-bond donors (Lipinski definition) is 3. The third-order valence-electron chi connectivity index (χ3n) is 4.66. The fourth-order valence-corrected chi connectivity index (χ4v) is 3.88. The summed E-state index contributed by atoms with van der Waals surface area (Å²) in [5.41, 5.74) is 1.49. The largest absolute Gasteiger partial charge is 0.351 e. The number of piperidine rings is 1. The minimum Gasteiger partial charge on any atom is -0.351 e. The van der Waals surface area contributed by atoms with Gasteiger partial charge in [0.05, 0.1) is 10.9 Å². The Bertz CT molecular complexity index is 626. The van der Waals surface area contributed by atoms with E-state index in [1.807, 2.05) is 19.1 Å². The monoisotopic (exact) mass is 333 g/mol. The second kappa shape index (κ2) is 6.53. The molecule has 23 heavy (non-hydrogen) atoms. The van der Waals surface area contributed by atoms with Gasteiger partial charge in [0, 0.05) is 17.0 Å². The molecule has 1 fully saturated rings. The van der Waals surface area contributed by atoms with Crippen molar-refractivity contribution < 1.29 is 9.59 Å². The Morgan fingerprint density at radius 3 is 2.87 bits per heavy atom. The molecule has 3 rings (SSSR count). The molecule has 5 nitrogen and oxygen atoms in total. The molecule has 2 aliphatic rings. The predicted octanol–water partition coefficient (Wildman–Crippen LogP) is 2.24. The molecule has 0 saturated carbocycles. The molecule has 1 aromatic carbocycles. The van der Waals surface area contributed by atoms with Crippen LogP contribution in [0, 0.1) is 5.41 Å². The van der Waals surface area contributed by atoms with Crippen molar-refractivity contribution in [2.24, 2.45) is 5.41 Å². The number of carbonyl (C=O) groups is 2. The number of rotatable bonds is 3. The van der Waals surface area contributed by atoms with Crippen molar-refractivity contribution in [1.29, 1.82) is 0 Å². The number of hydrogen-bond acceptors (Lipinski definition) is 4. The fourth-order valence-electron chi connectivity index (χ4n) is 2.95. The maximum atomic E-state index is 12.4. The fraction of sp³-hybridized carbons (Fsp3) is 0.529. The summed E-state index contributed by atoms with van der Waals surface area (Å²) in [6, 6.07) is 5.51. The van der Waals surface area contributed by atoms with E-state index >= 15 is 0 Å². The molecule has 2 aliphatic heterocycles. The van der Waals surface area contributed by atoms with Crippen molar-refractivity contribution in [3.63, 3.8) is 0 Å². The molecule has 0 spiro atoms. The first-order valence-electron chi connectivity index (χ1n) is 8.07. The third kappa shape index (κ3) is 3.70. The number of fused-ring (bicyclic) bond motifs is 1. The van der Waals surface area contributed by atoms with Crippen LogP contribution in [-0.4, -0.2) is 36.7 Å². The second-order valence-electron chi connectivity index (χ2n) is 6.70. The minimum atomic E-state index is -0.0953. The second-order valence-corrected chi connectivity index (χ2v) is 8.09. The van der Waals surface area contributed by atoms with Crippen LogP contribution in [0.3, 0.4) is 0 Å². The van der Waals surface area contributed by atoms with Crippen LogP contribution in [-0.2, 0) is 4.79 Å². The van der Waals surface area contributed by atoms with E-state index < -0.39 is 0 Å². The van der Waals surface area contributed by atoms with Gasteiger partial charge in [-0.3, -0.25) is 9.59 Å². The Balaban J connectivity index is 1.66. The number of thioether (sulfide) groups is 1. The van der Waals surface area contributed by atoms with Gasteiger partial charge in [-0.2, -0.15) is 0 Å². The SMILES string of the molecule is CC1Sc2ccc(C(=O)NCC3(C)CCNCC3)cc2NC1=O. The molecule has 0 radical (unpaired) electrons. The summed E-state index contributed by atoms with van der Waals surface area (Å²) in [5.74, 6) is -0.0901. The molecule has 0 aromatic heterocycles. The van der Waals surface area contributed by atoms with Crippen LogP contribution in [0.1, 0.15) is 37.0 Å². The van der Waals surface area contributed by atoms with E-state index in [0.717, 1.165) is 36.5 Å². The third-order valence-corrected chi connectivity index (χ3v) is 5.84. The van der Waals surface area contributed by atoms with Crippen LogP contribution < -0.4 is 16.0 Å². The van der Waals surface area contributed by atoms with Gasteiger partial charge in [0.2, 0.25) is 5.91 Å². The summed E-state index contributed by atoms with van der Waals surface area (Å²) >= 11 is 1.53. The standard InChI is InChI=1S/C17H23N3O2S/c1-11-15(21)20-13-9-12(3-4-14(13)23-11)16(22)19-10-17(2)5-7-18-8-6-17/h3-4,9,11,18H,5-8,10H2,1-2H3,(H,19,22)(H,20,21). The number of carbonyl (C=O) groups excluding carboxylic acids is 2. The van der Waals surface area contributed by atoms with Crippen LogP contribution in [0.5, 0.6) is 0 Å². The highest BCUT2D eigenvalue weighted by molar-refractivity contribution is 8.00. The maximum absolute atomic E-state index is 12.4. The average Bonchev–Trinajstić information content (AvgIpc) is 2.54. The lowest BCUT2D eigenvalue weighted by Gasteiger charge is -2.34. The van der Waals surface area contributed by atoms with Crippen molar-refractivity contribution in [3.05, 3.63) is 23.8 Å². The van der Waals surface area contributed by atoms with Crippen LogP contribution in [0.2, 0.25) is 0 Å². The van der Waals surface area contributed by atoms with E-state index in [1.54, 1.807) is 6.07 Å². The Hall–Kier alpha value is -1.53. The van der Waals surface area contributed by atoms with E-state index in [0.29, 0.717) is 12.1 Å². The van der Waals surface area contributed by atoms with Crippen LogP contribution >= 0.6 is 11.8 Å². The first-order valence-corrected chi connectivity index (χ1v) is 8.95. The van der Waals surface area contributed by atoms with Crippen molar-refractivity contribution in [3.8, 4) is 0 Å². The van der Waals surface area contributed by atoms with E-state index in [-0.39, 0.29) is 22.5 Å². The van der Waals surface area contributed by atoms with Crippen molar-refractivity contribution in [1.82, 2.24) is 10.6 Å². The highest BCUT2D eigenvalue weighted by atomic mass is 32.2. The molecule has 2 amide bonds. The number of amides is 2. The molecule has 1 aromatic rings. The summed E-state index contributed by atoms with van der Waals surface area (Å²) < 4.78 is 0. The van der Waals surface area contributed by atoms with Crippen molar-refractivity contribution in [2.75, 3.05) is 25.0 Å². The van der Waals surface area contributed by atoms with E-state index in [4.69, 9.17) is 0 Å². The van der Waals surface area contributed by atoms with Crippen LogP contribution in [0.25, 0.3) is 0 Å². The Labute approximate surface area is 141 Å². The van der Waals surface area contributed by atoms with E-state index in [1.165, 1.54) is 11.8 Å². The summed E-state index contributed by atoms with van der Waals surface area (Å²) in [7, 11) is 0. The predicted molar refractivity (Wildman–Crippen MR) is 92.9 cm³/mol. The smallest absolute Gasteiger partial charge is 0.251 e. The van der Waals surface area contributed by atoms with Gasteiger partial charge < -0.3 is 16.0 Å². The van der Waals surface area contributed by atoms with Crippen molar-refractivity contribution in [2.45, 2.75) is 36.8 Å². The summed E-state index contributed by atoms with van der Waals surface area (Å²) in [6.07, 6.45) is 2.14. The highest BCUT2D eigenvalue weighted by Crippen LogP contribution is 2.36. The Morgan fingerprint density at radius 1 is 1.39 bits per heavy atom. The van der Waals surface area contributed by atoms with Gasteiger partial charge in [0.25, 0.3) is 5.91 Å². The Morgan fingerprint density at radius 2 is 2.13 bits per heavy atom. The van der Waals surface area contributed by atoms with E-state index in [9.17, 15) is 9.59 Å². The number of benzene rings is 1. The lowest BCUT2D eigenvalue weighted by Crippen LogP contribution is -2.42. The zero-order valence-corrected chi connectivity index (χ0v) is 14.4. The zero-order chi connectivity index (χ0) is 16.4. The van der Waals surface area contributed by atoms with Gasteiger partial charge in [-0.15, -0.1) is 11.8 Å². The first kappa shape index (κ1) is 16.3. The molecule has 0 aliphatic carbocycles. The minimum absolute atomic E-state index is 0.0118. The van der Waals surface area contributed by atoms with Crippen LogP contribution in [0.4, 0.5) is 5.69 Å². The Kier molecular flexibility index (Phi) is 4.64. The van der Waals surface area contributed by atoms with Gasteiger partial charge >= 0.3 is 0 Å². The molecule has 1 unspecified atom stereocenters. The molecular formula is C17H23N3O2S. The first-order chi connectivity index (χ1) is 11.0. The summed E-state index contributed by atoms with van der Waals surface area (Å²) in [4.78, 5) is 25.2. The molecule has 124 valence electrons. The lowest BCUT2D eigenvalue weighted by atomic mass is 9.81. The highest BCUT2D eigenvalue weighted by Gasteiger charge is 2.28. The van der Waals surface area contributed by atoms with Gasteiger partial charge in [0.1, 0.15) is 0 Å². The summed E-state index contributed by atoms with van der Waals surface area (Å²) in [6.45, 7) is 6.80. The maximum Gasteiger partial charge on any atom is 0.251 e. The molecule has 3 N–H and O–H groups in total. The molecule has 1 saturated heterocycles. The number of nitrogens with one attached hydrogen (secondary N) is 3. The normalized spacial score (nSPS) is 22.9. The summed E-state index contributed by atoms with van der Waals surface area (Å²) in [5, 5.41) is 9.17. The van der Waals surface area contributed by atoms with Crippen LogP contribution in [0.15, 0.2) is 23.1 Å². The van der Waals surface area contributed by atoms with Gasteiger partial charge in [-0.05, 0) is 56.5 Å². The zero-order valence-electron chi connectivity index (χ0n) is 13.6. The van der Waals surface area contributed by atoms with Crippen molar-refractivity contribution >= 4 is 29.3 Å². The molecule has 1 atom stereocenters. The average molecular weight is 333 g/mol. The number of anilines is 1. The molecular weight excluding hydrogens is 310 g/mol. The quantitative estimate of drug-likeness (QED) is 0.793. The topological polar surface area (TPSA) is 70.2 Å². The molecule has 2 heterocycles.